The topological polar surface area (TPSA) is 52.7 Å². The summed E-state index contributed by atoms with van der Waals surface area (Å²) in [6.07, 6.45) is 1.79. The first-order valence-corrected chi connectivity index (χ1v) is 5.68. The predicted molar refractivity (Wildman–Crippen MR) is 75.1 cm³/mol. The van der Waals surface area contributed by atoms with Crippen LogP contribution in [0.4, 0.5) is 5.69 Å². The van der Waals surface area contributed by atoms with Crippen LogP contribution >= 0.6 is 12.2 Å². The fourth-order valence-corrected chi connectivity index (χ4v) is 1.61. The quantitative estimate of drug-likeness (QED) is 0.575. The van der Waals surface area contributed by atoms with E-state index in [9.17, 15) is 0 Å². The van der Waals surface area contributed by atoms with Gasteiger partial charge < -0.3 is 10.6 Å². The van der Waals surface area contributed by atoms with Crippen LogP contribution in [0.3, 0.4) is 0 Å². The van der Waals surface area contributed by atoms with Crippen LogP contribution in [0, 0.1) is 0 Å². The van der Waals surface area contributed by atoms with Crippen molar-refractivity contribution >= 4 is 33.9 Å². The molecule has 88 valence electrons. The molecule has 0 aliphatic heterocycles. The zero-order valence-corrected chi connectivity index (χ0v) is 10.4. The summed E-state index contributed by atoms with van der Waals surface area (Å²) in [5, 5.41) is 14.7. The van der Waals surface area contributed by atoms with Gasteiger partial charge in [-0.2, -0.15) is 5.10 Å². The standard InChI is InChI=1S/C12H14N4S/c1-8(2)6-13-12(17)15-10-4-3-9-7-14-16-11(9)5-10/h3-5,7H,1,6H2,2H3,(H,14,16)(H2,13,15,17). The molecule has 0 saturated heterocycles. The van der Waals surface area contributed by atoms with Crippen molar-refractivity contribution in [2.75, 3.05) is 11.9 Å². The molecular weight excluding hydrogens is 232 g/mol. The maximum atomic E-state index is 5.17. The van der Waals surface area contributed by atoms with E-state index in [0.717, 1.165) is 22.2 Å². The summed E-state index contributed by atoms with van der Waals surface area (Å²) in [4.78, 5) is 0. The molecule has 1 aromatic heterocycles. The number of benzene rings is 1. The predicted octanol–water partition coefficient (Wildman–Crippen LogP) is 2.43. The van der Waals surface area contributed by atoms with Crippen molar-refractivity contribution in [3.63, 3.8) is 0 Å². The molecule has 0 spiro atoms. The third-order valence-electron chi connectivity index (χ3n) is 2.25. The van der Waals surface area contributed by atoms with Crippen molar-refractivity contribution in [1.29, 1.82) is 0 Å². The molecule has 0 aliphatic rings. The Morgan fingerprint density at radius 3 is 3.12 bits per heavy atom. The molecular formula is C12H14N4S. The van der Waals surface area contributed by atoms with Gasteiger partial charge in [-0.1, -0.05) is 12.2 Å². The molecule has 2 rings (SSSR count). The molecule has 0 saturated carbocycles. The van der Waals surface area contributed by atoms with Gasteiger partial charge in [0.1, 0.15) is 0 Å². The van der Waals surface area contributed by atoms with Gasteiger partial charge >= 0.3 is 0 Å². The summed E-state index contributed by atoms with van der Waals surface area (Å²) in [6.45, 7) is 6.43. The molecule has 0 aliphatic carbocycles. The monoisotopic (exact) mass is 246 g/mol. The number of aromatic amines is 1. The van der Waals surface area contributed by atoms with Gasteiger partial charge in [-0.05, 0) is 37.3 Å². The van der Waals surface area contributed by atoms with E-state index in [1.165, 1.54) is 0 Å². The maximum Gasteiger partial charge on any atom is 0.171 e. The van der Waals surface area contributed by atoms with E-state index in [4.69, 9.17) is 12.2 Å². The summed E-state index contributed by atoms with van der Waals surface area (Å²) in [5.41, 5.74) is 2.96. The van der Waals surface area contributed by atoms with Crippen LogP contribution in [0.25, 0.3) is 10.9 Å². The number of hydrogen-bond acceptors (Lipinski definition) is 2. The minimum Gasteiger partial charge on any atom is -0.359 e. The lowest BCUT2D eigenvalue weighted by atomic mass is 10.2. The highest BCUT2D eigenvalue weighted by Crippen LogP contribution is 2.16. The van der Waals surface area contributed by atoms with Crippen LogP contribution in [0.5, 0.6) is 0 Å². The SMILES string of the molecule is C=C(C)CNC(=S)Nc1ccc2cn[nH]c2c1. The molecule has 5 heteroatoms. The van der Waals surface area contributed by atoms with E-state index in [-0.39, 0.29) is 0 Å². The summed E-state index contributed by atoms with van der Waals surface area (Å²) >= 11 is 5.17. The minimum absolute atomic E-state index is 0.590. The van der Waals surface area contributed by atoms with Gasteiger partial charge in [0.2, 0.25) is 0 Å². The molecule has 1 heterocycles. The Balaban J connectivity index is 2.02. The number of H-pyrrole nitrogens is 1. The highest BCUT2D eigenvalue weighted by Gasteiger charge is 2.00. The number of hydrogen-bond donors (Lipinski definition) is 3. The largest absolute Gasteiger partial charge is 0.359 e. The lowest BCUT2D eigenvalue weighted by Crippen LogP contribution is -2.29. The Morgan fingerprint density at radius 2 is 2.35 bits per heavy atom. The van der Waals surface area contributed by atoms with E-state index in [0.29, 0.717) is 11.7 Å². The number of anilines is 1. The van der Waals surface area contributed by atoms with Gasteiger partial charge in [-0.25, -0.2) is 0 Å². The average molecular weight is 246 g/mol. The lowest BCUT2D eigenvalue weighted by Gasteiger charge is -2.10. The second kappa shape index (κ2) is 4.97. The number of aromatic nitrogens is 2. The summed E-state index contributed by atoms with van der Waals surface area (Å²) in [6, 6.07) is 5.92. The van der Waals surface area contributed by atoms with Gasteiger partial charge in [-0.3, -0.25) is 5.10 Å². The molecule has 1 aromatic carbocycles. The molecule has 2 aromatic rings. The van der Waals surface area contributed by atoms with Gasteiger partial charge in [0.25, 0.3) is 0 Å². The van der Waals surface area contributed by atoms with Gasteiger partial charge in [0.05, 0.1) is 11.7 Å². The van der Waals surface area contributed by atoms with Crippen LogP contribution in [0.1, 0.15) is 6.92 Å². The molecule has 3 N–H and O–H groups in total. The third-order valence-corrected chi connectivity index (χ3v) is 2.50. The first-order chi connectivity index (χ1) is 8.15. The molecule has 17 heavy (non-hydrogen) atoms. The van der Waals surface area contributed by atoms with Crippen molar-refractivity contribution in [2.45, 2.75) is 6.92 Å². The second-order valence-corrected chi connectivity index (χ2v) is 4.35. The fourth-order valence-electron chi connectivity index (χ4n) is 1.42. The van der Waals surface area contributed by atoms with E-state index in [2.05, 4.69) is 27.4 Å². The molecule has 0 unspecified atom stereocenters. The number of nitrogens with zero attached hydrogens (tertiary/aromatic N) is 1. The van der Waals surface area contributed by atoms with Crippen molar-refractivity contribution in [3.05, 3.63) is 36.5 Å². The van der Waals surface area contributed by atoms with Crippen molar-refractivity contribution < 1.29 is 0 Å². The van der Waals surface area contributed by atoms with Crippen LogP contribution in [0.15, 0.2) is 36.5 Å². The van der Waals surface area contributed by atoms with Crippen molar-refractivity contribution in [1.82, 2.24) is 15.5 Å². The summed E-state index contributed by atoms with van der Waals surface area (Å²) in [5.74, 6) is 0. The smallest absolute Gasteiger partial charge is 0.171 e. The maximum absolute atomic E-state index is 5.17. The van der Waals surface area contributed by atoms with Gasteiger partial charge in [-0.15, -0.1) is 0 Å². The summed E-state index contributed by atoms with van der Waals surface area (Å²) in [7, 11) is 0. The van der Waals surface area contributed by atoms with E-state index < -0.39 is 0 Å². The van der Waals surface area contributed by atoms with E-state index in [1.807, 2.05) is 25.1 Å². The Hall–Kier alpha value is -1.88. The number of rotatable bonds is 3. The Morgan fingerprint density at radius 1 is 1.53 bits per heavy atom. The Labute approximate surface area is 105 Å². The van der Waals surface area contributed by atoms with Gasteiger partial charge in [0.15, 0.2) is 5.11 Å². The third kappa shape index (κ3) is 3.04. The van der Waals surface area contributed by atoms with Crippen molar-refractivity contribution in [3.8, 4) is 0 Å². The van der Waals surface area contributed by atoms with Crippen LogP contribution < -0.4 is 10.6 Å². The summed E-state index contributed by atoms with van der Waals surface area (Å²) < 4.78 is 0. The van der Waals surface area contributed by atoms with Gasteiger partial charge in [0, 0.05) is 17.6 Å². The van der Waals surface area contributed by atoms with E-state index >= 15 is 0 Å². The first-order valence-electron chi connectivity index (χ1n) is 5.27. The Bertz CT molecular complexity index is 558. The van der Waals surface area contributed by atoms with E-state index in [1.54, 1.807) is 6.20 Å². The van der Waals surface area contributed by atoms with Crippen molar-refractivity contribution in [2.24, 2.45) is 0 Å². The molecule has 4 nitrogen and oxygen atoms in total. The number of nitrogens with one attached hydrogen (secondary N) is 3. The first kappa shape index (κ1) is 11.6. The molecule has 0 bridgehead atoms. The normalized spacial score (nSPS) is 10.2. The highest BCUT2D eigenvalue weighted by molar-refractivity contribution is 7.80. The molecule has 0 fully saturated rings. The Kier molecular flexibility index (Phi) is 3.39. The highest BCUT2D eigenvalue weighted by atomic mass is 32.1. The number of fused-ring (bicyclic) bond motifs is 1. The average Bonchev–Trinajstić information content (AvgIpc) is 2.73. The fraction of sp³-hybridized carbons (Fsp3) is 0.167. The molecule has 0 atom stereocenters. The minimum atomic E-state index is 0.590. The molecule has 0 amide bonds. The zero-order chi connectivity index (χ0) is 12.3. The number of thiocarbonyl (C=S) groups is 1. The van der Waals surface area contributed by atoms with Crippen LogP contribution in [-0.2, 0) is 0 Å². The van der Waals surface area contributed by atoms with Crippen LogP contribution in [0.2, 0.25) is 0 Å². The lowest BCUT2D eigenvalue weighted by molar-refractivity contribution is 1.000. The van der Waals surface area contributed by atoms with Crippen LogP contribution in [-0.4, -0.2) is 21.9 Å². The second-order valence-electron chi connectivity index (χ2n) is 3.94. The molecule has 0 radical (unpaired) electrons. The zero-order valence-electron chi connectivity index (χ0n) is 9.58.